The molecule has 0 aliphatic heterocycles. The zero-order valence-corrected chi connectivity index (χ0v) is 10.9. The van der Waals surface area contributed by atoms with Crippen LogP contribution in [0.15, 0.2) is 30.6 Å². The van der Waals surface area contributed by atoms with Crippen LogP contribution < -0.4 is 5.73 Å². The van der Waals surface area contributed by atoms with Crippen LogP contribution in [-0.2, 0) is 26.7 Å². The Labute approximate surface area is 107 Å². The summed E-state index contributed by atoms with van der Waals surface area (Å²) in [6.45, 7) is 2.08. The molecular formula is C13H19N5. The van der Waals surface area contributed by atoms with Gasteiger partial charge in [-0.3, -0.25) is 9.88 Å². The van der Waals surface area contributed by atoms with E-state index < -0.39 is 0 Å². The molecule has 2 aromatic rings. The van der Waals surface area contributed by atoms with E-state index in [9.17, 15) is 0 Å². The van der Waals surface area contributed by atoms with Crippen LogP contribution in [0.2, 0.25) is 0 Å². The molecule has 0 aliphatic carbocycles. The number of imidazole rings is 1. The molecule has 0 aromatic carbocycles. The van der Waals surface area contributed by atoms with Gasteiger partial charge >= 0.3 is 0 Å². The summed E-state index contributed by atoms with van der Waals surface area (Å²) in [6.07, 6.45) is 3.77. The van der Waals surface area contributed by atoms with Crippen LogP contribution in [0.3, 0.4) is 0 Å². The Balaban J connectivity index is 1.98. The summed E-state index contributed by atoms with van der Waals surface area (Å²) in [4.78, 5) is 11.0. The highest BCUT2D eigenvalue weighted by molar-refractivity contribution is 5.11. The molecule has 2 N–H and O–H groups in total. The van der Waals surface area contributed by atoms with Crippen molar-refractivity contribution >= 4 is 0 Å². The average molecular weight is 245 g/mol. The van der Waals surface area contributed by atoms with Gasteiger partial charge in [0, 0.05) is 32.5 Å². The van der Waals surface area contributed by atoms with Crippen molar-refractivity contribution in [2.75, 3.05) is 7.05 Å². The minimum Gasteiger partial charge on any atom is -0.337 e. The molecule has 5 nitrogen and oxygen atoms in total. The predicted molar refractivity (Wildman–Crippen MR) is 70.5 cm³/mol. The van der Waals surface area contributed by atoms with Gasteiger partial charge < -0.3 is 10.3 Å². The Hall–Kier alpha value is -1.72. The van der Waals surface area contributed by atoms with E-state index in [2.05, 4.69) is 21.9 Å². The number of pyridine rings is 1. The first-order valence-electron chi connectivity index (χ1n) is 5.98. The summed E-state index contributed by atoms with van der Waals surface area (Å²) in [7, 11) is 4.06. The Morgan fingerprint density at radius 2 is 2.06 bits per heavy atom. The van der Waals surface area contributed by atoms with Crippen LogP contribution in [0, 0.1) is 0 Å². The zero-order chi connectivity index (χ0) is 13.0. The largest absolute Gasteiger partial charge is 0.337 e. The minimum absolute atomic E-state index is 0.483. The highest BCUT2D eigenvalue weighted by atomic mass is 15.2. The predicted octanol–water partition coefficient (Wildman–Crippen LogP) is 0.906. The van der Waals surface area contributed by atoms with Crippen molar-refractivity contribution in [2.45, 2.75) is 19.6 Å². The molecule has 0 bridgehead atoms. The molecule has 0 atom stereocenters. The maximum Gasteiger partial charge on any atom is 0.122 e. The molecule has 0 saturated carbocycles. The van der Waals surface area contributed by atoms with Crippen molar-refractivity contribution in [3.63, 3.8) is 0 Å². The lowest BCUT2D eigenvalue weighted by Gasteiger charge is -2.16. The van der Waals surface area contributed by atoms with Crippen molar-refractivity contribution in [1.82, 2.24) is 19.4 Å². The number of nitrogens with two attached hydrogens (primary N) is 1. The number of rotatable bonds is 5. The molecule has 5 heteroatoms. The molecule has 96 valence electrons. The number of hydrogen-bond acceptors (Lipinski definition) is 4. The maximum atomic E-state index is 5.59. The zero-order valence-electron chi connectivity index (χ0n) is 10.9. The normalized spacial score (nSPS) is 11.1. The lowest BCUT2D eigenvalue weighted by atomic mass is 10.3. The number of hydrogen-bond donors (Lipinski definition) is 1. The van der Waals surface area contributed by atoms with Crippen molar-refractivity contribution in [1.29, 1.82) is 0 Å². The van der Waals surface area contributed by atoms with Crippen molar-refractivity contribution in [3.8, 4) is 0 Å². The lowest BCUT2D eigenvalue weighted by molar-refractivity contribution is 0.303. The molecular weight excluding hydrogens is 226 g/mol. The third-order valence-corrected chi connectivity index (χ3v) is 2.84. The molecule has 0 saturated heterocycles. The van der Waals surface area contributed by atoms with Crippen LogP contribution >= 0.6 is 0 Å². The first-order valence-corrected chi connectivity index (χ1v) is 5.98. The van der Waals surface area contributed by atoms with Gasteiger partial charge in [-0.2, -0.15) is 0 Å². The molecule has 2 heterocycles. The summed E-state index contributed by atoms with van der Waals surface area (Å²) in [5.41, 5.74) is 7.55. The minimum atomic E-state index is 0.483. The molecule has 18 heavy (non-hydrogen) atoms. The second-order valence-corrected chi connectivity index (χ2v) is 4.45. The van der Waals surface area contributed by atoms with Gasteiger partial charge in [0.05, 0.1) is 17.9 Å². The van der Waals surface area contributed by atoms with Crippen molar-refractivity contribution < 1.29 is 0 Å². The summed E-state index contributed by atoms with van der Waals surface area (Å²) in [5.74, 6) is 1.05. The fourth-order valence-corrected chi connectivity index (χ4v) is 1.85. The van der Waals surface area contributed by atoms with Gasteiger partial charge in [-0.1, -0.05) is 6.07 Å². The quantitative estimate of drug-likeness (QED) is 0.850. The van der Waals surface area contributed by atoms with Gasteiger partial charge in [0.2, 0.25) is 0 Å². The smallest absolute Gasteiger partial charge is 0.122 e. The van der Waals surface area contributed by atoms with Crippen LogP contribution in [0.4, 0.5) is 0 Å². The first-order chi connectivity index (χ1) is 8.69. The van der Waals surface area contributed by atoms with E-state index in [0.29, 0.717) is 6.54 Å². The van der Waals surface area contributed by atoms with Crippen LogP contribution in [0.1, 0.15) is 17.2 Å². The van der Waals surface area contributed by atoms with Crippen molar-refractivity contribution in [2.24, 2.45) is 12.8 Å². The van der Waals surface area contributed by atoms with Gasteiger partial charge in [0.1, 0.15) is 5.82 Å². The van der Waals surface area contributed by atoms with Gasteiger partial charge in [0.15, 0.2) is 0 Å². The molecule has 0 unspecified atom stereocenters. The second-order valence-electron chi connectivity index (χ2n) is 4.45. The van der Waals surface area contributed by atoms with E-state index in [4.69, 9.17) is 5.73 Å². The summed E-state index contributed by atoms with van der Waals surface area (Å²) < 4.78 is 2.03. The van der Waals surface area contributed by atoms with E-state index >= 15 is 0 Å². The third kappa shape index (κ3) is 3.15. The summed E-state index contributed by atoms with van der Waals surface area (Å²) >= 11 is 0. The van der Waals surface area contributed by atoms with E-state index in [0.717, 1.165) is 30.3 Å². The summed E-state index contributed by atoms with van der Waals surface area (Å²) in [5, 5.41) is 0. The average Bonchev–Trinajstić information content (AvgIpc) is 2.75. The molecule has 0 radical (unpaired) electrons. The van der Waals surface area contributed by atoms with Gasteiger partial charge in [-0.15, -0.1) is 0 Å². The van der Waals surface area contributed by atoms with Crippen LogP contribution in [0.25, 0.3) is 0 Å². The Kier molecular flexibility index (Phi) is 4.07. The fourth-order valence-electron chi connectivity index (χ4n) is 1.85. The topological polar surface area (TPSA) is 60.0 Å². The molecule has 0 aliphatic rings. The molecule has 0 amide bonds. The summed E-state index contributed by atoms with van der Waals surface area (Å²) in [6, 6.07) is 5.97. The number of nitrogens with zero attached hydrogens (tertiary/aromatic N) is 4. The Bertz CT molecular complexity index is 506. The van der Waals surface area contributed by atoms with E-state index in [1.165, 1.54) is 0 Å². The molecule has 2 aromatic heterocycles. The standard InChI is InChI=1S/C13H19N5/c1-17(10-13-15-6-7-18(13)2)9-12-5-3-4-11(8-14)16-12/h3-7H,8-10,14H2,1-2H3. The van der Waals surface area contributed by atoms with Crippen LogP contribution in [0.5, 0.6) is 0 Å². The molecule has 2 rings (SSSR count). The van der Waals surface area contributed by atoms with Gasteiger partial charge in [-0.25, -0.2) is 4.98 Å². The SMILES string of the molecule is CN(Cc1cccc(CN)n1)Cc1nccn1C. The molecule has 0 spiro atoms. The highest BCUT2D eigenvalue weighted by Gasteiger charge is 2.06. The lowest BCUT2D eigenvalue weighted by Crippen LogP contribution is -2.20. The van der Waals surface area contributed by atoms with Gasteiger partial charge in [0.25, 0.3) is 0 Å². The third-order valence-electron chi connectivity index (χ3n) is 2.84. The highest BCUT2D eigenvalue weighted by Crippen LogP contribution is 2.05. The van der Waals surface area contributed by atoms with E-state index in [1.807, 2.05) is 42.2 Å². The van der Waals surface area contributed by atoms with Crippen LogP contribution in [-0.4, -0.2) is 26.5 Å². The Morgan fingerprint density at radius 3 is 2.72 bits per heavy atom. The van der Waals surface area contributed by atoms with Crippen molar-refractivity contribution in [3.05, 3.63) is 47.8 Å². The fraction of sp³-hybridized carbons (Fsp3) is 0.385. The van der Waals surface area contributed by atoms with Gasteiger partial charge in [-0.05, 0) is 19.2 Å². The number of aryl methyl sites for hydroxylation is 1. The van der Waals surface area contributed by atoms with E-state index in [1.54, 1.807) is 0 Å². The Morgan fingerprint density at radius 1 is 1.28 bits per heavy atom. The second kappa shape index (κ2) is 5.75. The monoisotopic (exact) mass is 245 g/mol. The molecule has 0 fully saturated rings. The van der Waals surface area contributed by atoms with E-state index in [-0.39, 0.29) is 0 Å². The maximum absolute atomic E-state index is 5.59. The first kappa shape index (κ1) is 12.7. The number of aromatic nitrogens is 3.